The summed E-state index contributed by atoms with van der Waals surface area (Å²) in [4.78, 5) is 25.9. The second kappa shape index (κ2) is 7.45. The molecule has 0 aromatic carbocycles. The van der Waals surface area contributed by atoms with Crippen LogP contribution in [0.25, 0.3) is 0 Å². The smallest absolute Gasteiger partial charge is 0.267 e. The molecular weight excluding hydrogens is 282 g/mol. The van der Waals surface area contributed by atoms with Gasteiger partial charge in [-0.15, -0.1) is 0 Å². The number of nitrogens with one attached hydrogen (secondary N) is 1. The molecule has 1 atom stereocenters. The van der Waals surface area contributed by atoms with Crippen molar-refractivity contribution in [2.24, 2.45) is 5.92 Å². The van der Waals surface area contributed by atoms with Crippen molar-refractivity contribution < 1.29 is 14.3 Å². The molecule has 2 rings (SSSR count). The molecule has 0 unspecified atom stereocenters. The third kappa shape index (κ3) is 3.88. The van der Waals surface area contributed by atoms with Crippen LogP contribution in [0.3, 0.4) is 0 Å². The van der Waals surface area contributed by atoms with E-state index in [2.05, 4.69) is 5.32 Å². The molecule has 0 bridgehead atoms. The topological polar surface area (TPSA) is 63.6 Å². The van der Waals surface area contributed by atoms with Crippen LogP contribution in [-0.4, -0.2) is 54.6 Å². The molecule has 1 aromatic heterocycles. The third-order valence-corrected chi connectivity index (χ3v) is 3.98. The average Bonchev–Trinajstić information content (AvgIpc) is 3.09. The zero-order valence-corrected chi connectivity index (χ0v) is 13.5. The Hall–Kier alpha value is -1.82. The summed E-state index contributed by atoms with van der Waals surface area (Å²) in [7, 11) is 1.63. The summed E-state index contributed by atoms with van der Waals surface area (Å²) in [6.45, 7) is 6.47. The lowest BCUT2D eigenvalue weighted by atomic mass is 10.1. The minimum atomic E-state index is -0.0820. The Bertz CT molecular complexity index is 524. The lowest BCUT2D eigenvalue weighted by molar-refractivity contribution is -0.128. The minimum Gasteiger partial charge on any atom is -0.383 e. The van der Waals surface area contributed by atoms with Crippen LogP contribution in [0.15, 0.2) is 18.3 Å². The van der Waals surface area contributed by atoms with Crippen molar-refractivity contribution in [1.82, 2.24) is 14.8 Å². The predicted molar refractivity (Wildman–Crippen MR) is 83.7 cm³/mol. The fraction of sp³-hybridized carbons (Fsp3) is 0.625. The van der Waals surface area contributed by atoms with Gasteiger partial charge >= 0.3 is 0 Å². The molecular formula is C16H25N3O3. The lowest BCUT2D eigenvalue weighted by Crippen LogP contribution is -2.33. The summed E-state index contributed by atoms with van der Waals surface area (Å²) in [5.41, 5.74) is 0.663. The first-order chi connectivity index (χ1) is 10.5. The van der Waals surface area contributed by atoms with E-state index < -0.39 is 0 Å². The maximum atomic E-state index is 12.3. The van der Waals surface area contributed by atoms with Gasteiger partial charge in [-0.3, -0.25) is 9.59 Å². The molecule has 0 saturated carbocycles. The molecule has 0 spiro atoms. The number of likely N-dealkylation sites (tertiary alicyclic amines) is 1. The molecule has 0 radical (unpaired) electrons. The summed E-state index contributed by atoms with van der Waals surface area (Å²) in [6.07, 6.45) is 2.40. The second-order valence-corrected chi connectivity index (χ2v) is 6.01. The van der Waals surface area contributed by atoms with Gasteiger partial charge in [0.15, 0.2) is 0 Å². The van der Waals surface area contributed by atoms with Gasteiger partial charge in [-0.1, -0.05) is 0 Å². The number of carbonyl (C=O) groups is 2. The zero-order valence-electron chi connectivity index (χ0n) is 13.5. The minimum absolute atomic E-state index is 0.0820. The van der Waals surface area contributed by atoms with E-state index in [0.717, 1.165) is 0 Å². The van der Waals surface area contributed by atoms with E-state index in [0.29, 0.717) is 38.4 Å². The standard InChI is InChI=1S/C16H25N3O3/c1-12(2)19-6-4-5-14(19)16(21)17-10-13-9-15(20)18(11-13)7-8-22-3/h4-6,12-13H,7-11H2,1-3H3,(H,17,21)/t13-/m1/s1. The molecule has 1 aliphatic heterocycles. The Labute approximate surface area is 131 Å². The molecule has 2 amide bonds. The highest BCUT2D eigenvalue weighted by Gasteiger charge is 2.29. The summed E-state index contributed by atoms with van der Waals surface area (Å²) in [6, 6.07) is 3.94. The summed E-state index contributed by atoms with van der Waals surface area (Å²) in [5.74, 6) is 0.235. The van der Waals surface area contributed by atoms with Gasteiger partial charge in [-0.2, -0.15) is 0 Å². The van der Waals surface area contributed by atoms with Crippen LogP contribution in [0.2, 0.25) is 0 Å². The van der Waals surface area contributed by atoms with E-state index >= 15 is 0 Å². The van der Waals surface area contributed by atoms with Gasteiger partial charge in [0.05, 0.1) is 6.61 Å². The largest absolute Gasteiger partial charge is 0.383 e. The van der Waals surface area contributed by atoms with Crippen LogP contribution in [-0.2, 0) is 9.53 Å². The van der Waals surface area contributed by atoms with Crippen LogP contribution in [0.5, 0.6) is 0 Å². The Morgan fingerprint density at radius 3 is 2.95 bits per heavy atom. The molecule has 1 aliphatic rings. The quantitative estimate of drug-likeness (QED) is 0.826. The second-order valence-electron chi connectivity index (χ2n) is 6.01. The van der Waals surface area contributed by atoms with Gasteiger partial charge in [0.1, 0.15) is 5.69 Å². The van der Waals surface area contributed by atoms with Gasteiger partial charge < -0.3 is 19.5 Å². The van der Waals surface area contributed by atoms with Crippen LogP contribution in [0, 0.1) is 5.92 Å². The maximum Gasteiger partial charge on any atom is 0.267 e. The number of methoxy groups -OCH3 is 1. The highest BCUT2D eigenvalue weighted by molar-refractivity contribution is 5.92. The van der Waals surface area contributed by atoms with Crippen molar-refractivity contribution in [3.63, 3.8) is 0 Å². The predicted octanol–water partition coefficient (Wildman–Crippen LogP) is 1.29. The van der Waals surface area contributed by atoms with Gasteiger partial charge in [0.2, 0.25) is 5.91 Å². The van der Waals surface area contributed by atoms with Crippen molar-refractivity contribution in [2.75, 3.05) is 33.4 Å². The van der Waals surface area contributed by atoms with Gasteiger partial charge in [0, 0.05) is 51.3 Å². The van der Waals surface area contributed by atoms with Crippen molar-refractivity contribution in [3.05, 3.63) is 24.0 Å². The third-order valence-electron chi connectivity index (χ3n) is 3.98. The van der Waals surface area contributed by atoms with Crippen molar-refractivity contribution in [3.8, 4) is 0 Å². The van der Waals surface area contributed by atoms with E-state index in [9.17, 15) is 9.59 Å². The number of aromatic nitrogens is 1. The van der Waals surface area contributed by atoms with Gasteiger partial charge in [0.25, 0.3) is 5.91 Å². The molecule has 0 aliphatic carbocycles. The van der Waals surface area contributed by atoms with E-state index in [1.807, 2.05) is 36.7 Å². The van der Waals surface area contributed by atoms with Crippen molar-refractivity contribution in [1.29, 1.82) is 0 Å². The molecule has 2 heterocycles. The van der Waals surface area contributed by atoms with E-state index in [1.54, 1.807) is 12.0 Å². The Balaban J connectivity index is 1.84. The fourth-order valence-corrected chi connectivity index (χ4v) is 2.77. The zero-order chi connectivity index (χ0) is 16.1. The monoisotopic (exact) mass is 307 g/mol. The molecule has 1 N–H and O–H groups in total. The average molecular weight is 307 g/mol. The summed E-state index contributed by atoms with van der Waals surface area (Å²) < 4.78 is 6.95. The number of nitrogens with zero attached hydrogens (tertiary/aromatic N) is 2. The first-order valence-electron chi connectivity index (χ1n) is 7.74. The molecule has 22 heavy (non-hydrogen) atoms. The van der Waals surface area contributed by atoms with Crippen LogP contribution >= 0.6 is 0 Å². The fourth-order valence-electron chi connectivity index (χ4n) is 2.77. The Kier molecular flexibility index (Phi) is 5.60. The number of carbonyl (C=O) groups excluding carboxylic acids is 2. The highest BCUT2D eigenvalue weighted by Crippen LogP contribution is 2.17. The van der Waals surface area contributed by atoms with Crippen LogP contribution in [0.4, 0.5) is 0 Å². The van der Waals surface area contributed by atoms with Gasteiger partial charge in [-0.25, -0.2) is 0 Å². The Morgan fingerprint density at radius 2 is 2.27 bits per heavy atom. The van der Waals surface area contributed by atoms with Crippen molar-refractivity contribution >= 4 is 11.8 Å². The lowest BCUT2D eigenvalue weighted by Gasteiger charge is -2.17. The molecule has 1 fully saturated rings. The molecule has 6 heteroatoms. The highest BCUT2D eigenvalue weighted by atomic mass is 16.5. The number of rotatable bonds is 7. The van der Waals surface area contributed by atoms with E-state index in [4.69, 9.17) is 4.74 Å². The molecule has 1 saturated heterocycles. The maximum absolute atomic E-state index is 12.3. The number of hydrogen-bond acceptors (Lipinski definition) is 3. The van der Waals surface area contributed by atoms with Gasteiger partial charge in [-0.05, 0) is 26.0 Å². The first kappa shape index (κ1) is 16.5. The van der Waals surface area contributed by atoms with E-state index in [1.165, 1.54) is 0 Å². The SMILES string of the molecule is COCCN1C[C@@H](CNC(=O)c2cccn2C(C)C)CC1=O. The normalized spacial score (nSPS) is 18.3. The van der Waals surface area contributed by atoms with Crippen LogP contribution in [0.1, 0.15) is 36.8 Å². The van der Waals surface area contributed by atoms with Crippen LogP contribution < -0.4 is 5.32 Å². The molecule has 1 aromatic rings. The number of hydrogen-bond donors (Lipinski definition) is 1. The summed E-state index contributed by atoms with van der Waals surface area (Å²) >= 11 is 0. The van der Waals surface area contributed by atoms with Crippen molar-refractivity contribution in [2.45, 2.75) is 26.3 Å². The Morgan fingerprint density at radius 1 is 1.50 bits per heavy atom. The molecule has 122 valence electrons. The molecule has 6 nitrogen and oxygen atoms in total. The first-order valence-corrected chi connectivity index (χ1v) is 7.74. The number of amides is 2. The van der Waals surface area contributed by atoms with E-state index in [-0.39, 0.29) is 23.8 Å². The summed E-state index contributed by atoms with van der Waals surface area (Å²) in [5, 5.41) is 2.95. The number of ether oxygens (including phenoxy) is 1.